The van der Waals surface area contributed by atoms with Gasteiger partial charge in [0.05, 0.1) is 0 Å². The van der Waals surface area contributed by atoms with Gasteiger partial charge in [-0.05, 0) is 6.07 Å². The predicted molar refractivity (Wildman–Crippen MR) is 77.9 cm³/mol. The molecule has 0 bridgehead atoms. The van der Waals surface area contributed by atoms with Gasteiger partial charge in [0, 0.05) is 23.1 Å². The monoisotopic (exact) mass is 286 g/mol. The van der Waals surface area contributed by atoms with Crippen molar-refractivity contribution in [2.45, 2.75) is 10.6 Å². The summed E-state index contributed by atoms with van der Waals surface area (Å²) in [6, 6.07) is 7.50. The molecule has 0 spiro atoms. The normalized spacial score (nSPS) is 20.2. The molecule has 0 saturated carbocycles. The predicted octanol–water partition coefficient (Wildman–Crippen LogP) is 2.38. The van der Waals surface area contributed by atoms with Crippen LogP contribution in [-0.4, -0.2) is 27.4 Å². The fourth-order valence-corrected chi connectivity index (χ4v) is 3.05. The van der Waals surface area contributed by atoms with Crippen molar-refractivity contribution in [2.24, 2.45) is 0 Å². The first-order chi connectivity index (χ1) is 9.75. The minimum absolute atomic E-state index is 0.182. The molecular formula is C15H14N2O2S. The molecule has 1 aromatic carbocycles. The van der Waals surface area contributed by atoms with Crippen LogP contribution < -0.4 is 4.74 Å². The van der Waals surface area contributed by atoms with Gasteiger partial charge in [-0.2, -0.15) is 0 Å². The number of para-hydroxylation sites is 1. The summed E-state index contributed by atoms with van der Waals surface area (Å²) in [7, 11) is 0. The molecule has 3 rings (SSSR count). The molecule has 1 atom stereocenters. The second-order valence-corrected chi connectivity index (χ2v) is 5.50. The average Bonchev–Trinajstić information content (AvgIpc) is 2.84. The molecule has 2 heterocycles. The lowest BCUT2D eigenvalue weighted by molar-refractivity contribution is 0.0526. The Morgan fingerprint density at radius 2 is 2.25 bits per heavy atom. The second-order valence-electron chi connectivity index (χ2n) is 4.49. The number of aliphatic hydroxyl groups is 1. The lowest BCUT2D eigenvalue weighted by Crippen LogP contribution is -2.30. The Hall–Kier alpha value is -1.85. The first kappa shape index (κ1) is 13.1. The van der Waals surface area contributed by atoms with E-state index in [-0.39, 0.29) is 6.61 Å². The summed E-state index contributed by atoms with van der Waals surface area (Å²) < 4.78 is 5.59. The fraction of sp³-hybridized carbons (Fsp3) is 0.200. The molecule has 0 amide bonds. The third-order valence-corrected chi connectivity index (χ3v) is 4.23. The van der Waals surface area contributed by atoms with Crippen LogP contribution in [0.5, 0.6) is 5.75 Å². The van der Waals surface area contributed by atoms with Crippen LogP contribution in [0.1, 0.15) is 11.1 Å². The maximum absolute atomic E-state index is 11.1. The van der Waals surface area contributed by atoms with Crippen molar-refractivity contribution in [3.05, 3.63) is 60.6 Å². The quantitative estimate of drug-likeness (QED) is 0.531. The van der Waals surface area contributed by atoms with E-state index in [0.29, 0.717) is 11.3 Å². The molecule has 1 aliphatic rings. The Balaban J connectivity index is 2.07. The molecule has 20 heavy (non-hydrogen) atoms. The lowest BCUT2D eigenvalue weighted by Gasteiger charge is -2.23. The van der Waals surface area contributed by atoms with E-state index in [0.717, 1.165) is 16.3 Å². The molecule has 0 saturated heterocycles. The fourth-order valence-electron chi connectivity index (χ4n) is 2.27. The number of aromatic nitrogens is 2. The van der Waals surface area contributed by atoms with Crippen LogP contribution in [0.4, 0.5) is 0 Å². The molecule has 1 aliphatic heterocycles. The minimum Gasteiger partial charge on any atom is -0.489 e. The number of rotatable bonds is 4. The van der Waals surface area contributed by atoms with E-state index < -0.39 is 5.60 Å². The number of thioether (sulfide) groups is 1. The Labute approximate surface area is 121 Å². The number of hydrogen-bond donors (Lipinski definition) is 1. The van der Waals surface area contributed by atoms with E-state index in [2.05, 4.69) is 16.5 Å². The summed E-state index contributed by atoms with van der Waals surface area (Å²) in [4.78, 5) is 8.32. The number of fused-ring (bicyclic) bond motifs is 1. The van der Waals surface area contributed by atoms with Gasteiger partial charge < -0.3 is 9.84 Å². The first-order valence-electron chi connectivity index (χ1n) is 6.24. The van der Waals surface area contributed by atoms with Gasteiger partial charge in [0.2, 0.25) is 0 Å². The number of benzene rings is 1. The average molecular weight is 286 g/mol. The molecule has 0 radical (unpaired) electrons. The van der Waals surface area contributed by atoms with Crippen molar-refractivity contribution < 1.29 is 9.84 Å². The van der Waals surface area contributed by atoms with Crippen LogP contribution in [0.15, 0.2) is 54.5 Å². The summed E-state index contributed by atoms with van der Waals surface area (Å²) in [6.45, 7) is 3.89. The highest BCUT2D eigenvalue weighted by Gasteiger charge is 2.42. The van der Waals surface area contributed by atoms with Crippen LogP contribution in [0, 0.1) is 0 Å². The Morgan fingerprint density at radius 1 is 1.40 bits per heavy atom. The molecule has 5 heteroatoms. The molecule has 0 aliphatic carbocycles. The van der Waals surface area contributed by atoms with E-state index in [9.17, 15) is 5.11 Å². The zero-order valence-electron chi connectivity index (χ0n) is 10.8. The van der Waals surface area contributed by atoms with E-state index >= 15 is 0 Å². The summed E-state index contributed by atoms with van der Waals surface area (Å²) in [6.07, 6.45) is 4.95. The van der Waals surface area contributed by atoms with Crippen LogP contribution in [-0.2, 0) is 5.60 Å². The largest absolute Gasteiger partial charge is 0.489 e. The van der Waals surface area contributed by atoms with Gasteiger partial charge in [0.1, 0.15) is 23.7 Å². The number of nitrogens with zero attached hydrogens (tertiary/aromatic N) is 2. The van der Waals surface area contributed by atoms with Crippen molar-refractivity contribution in [1.29, 1.82) is 0 Å². The van der Waals surface area contributed by atoms with Gasteiger partial charge in [-0.3, -0.25) is 0 Å². The molecule has 102 valence electrons. The maximum atomic E-state index is 11.1. The molecule has 2 aromatic rings. The zero-order chi connectivity index (χ0) is 14.0. The second kappa shape index (κ2) is 5.26. The van der Waals surface area contributed by atoms with Gasteiger partial charge in [-0.25, -0.2) is 9.97 Å². The Morgan fingerprint density at radius 3 is 3.10 bits per heavy atom. The molecule has 4 nitrogen and oxygen atoms in total. The van der Waals surface area contributed by atoms with Crippen LogP contribution >= 0.6 is 11.8 Å². The maximum Gasteiger partial charge on any atom is 0.156 e. The molecule has 1 aromatic heterocycles. The third-order valence-electron chi connectivity index (χ3n) is 3.23. The standard InChI is InChI=1S/C15H14N2O2S/c1-2-7-20-14-12(8-16-10-17-14)15(18)9-19-13-6-4-3-5-11(13)15/h2-6,8,10,18H,1,7,9H2. The van der Waals surface area contributed by atoms with E-state index in [1.54, 1.807) is 12.3 Å². The summed E-state index contributed by atoms with van der Waals surface area (Å²) >= 11 is 1.52. The van der Waals surface area contributed by atoms with Gasteiger partial charge in [-0.15, -0.1) is 18.3 Å². The van der Waals surface area contributed by atoms with Gasteiger partial charge in [0.15, 0.2) is 5.60 Å². The molecular weight excluding hydrogens is 272 g/mol. The topological polar surface area (TPSA) is 55.2 Å². The zero-order valence-corrected chi connectivity index (χ0v) is 11.6. The van der Waals surface area contributed by atoms with E-state index in [1.807, 2.05) is 24.3 Å². The molecule has 1 N–H and O–H groups in total. The molecule has 0 fully saturated rings. The first-order valence-corrected chi connectivity index (χ1v) is 7.23. The minimum atomic E-state index is -1.19. The van der Waals surface area contributed by atoms with Crippen molar-refractivity contribution in [1.82, 2.24) is 9.97 Å². The third kappa shape index (κ3) is 2.09. The van der Waals surface area contributed by atoms with E-state index in [1.165, 1.54) is 18.1 Å². The van der Waals surface area contributed by atoms with E-state index in [4.69, 9.17) is 4.74 Å². The van der Waals surface area contributed by atoms with Crippen molar-refractivity contribution in [3.8, 4) is 5.75 Å². The van der Waals surface area contributed by atoms with Crippen molar-refractivity contribution in [2.75, 3.05) is 12.4 Å². The van der Waals surface area contributed by atoms with Gasteiger partial charge in [0.25, 0.3) is 0 Å². The summed E-state index contributed by atoms with van der Waals surface area (Å²) in [5.74, 6) is 1.43. The highest BCUT2D eigenvalue weighted by Crippen LogP contribution is 2.43. The SMILES string of the molecule is C=CCSc1ncncc1C1(O)COc2ccccc21. The van der Waals surface area contributed by atoms with Crippen LogP contribution in [0.25, 0.3) is 0 Å². The van der Waals surface area contributed by atoms with Gasteiger partial charge in [-0.1, -0.05) is 24.3 Å². The highest BCUT2D eigenvalue weighted by molar-refractivity contribution is 7.99. The smallest absolute Gasteiger partial charge is 0.156 e. The molecule has 1 unspecified atom stereocenters. The Kier molecular flexibility index (Phi) is 3.46. The van der Waals surface area contributed by atoms with Crippen molar-refractivity contribution in [3.63, 3.8) is 0 Å². The lowest BCUT2D eigenvalue weighted by atomic mass is 9.90. The van der Waals surface area contributed by atoms with Crippen LogP contribution in [0.2, 0.25) is 0 Å². The number of ether oxygens (including phenoxy) is 1. The Bertz CT molecular complexity index is 647. The highest BCUT2D eigenvalue weighted by atomic mass is 32.2. The van der Waals surface area contributed by atoms with Crippen molar-refractivity contribution >= 4 is 11.8 Å². The van der Waals surface area contributed by atoms with Crippen LogP contribution in [0.3, 0.4) is 0 Å². The summed E-state index contributed by atoms with van der Waals surface area (Å²) in [5.41, 5.74) is 0.244. The van der Waals surface area contributed by atoms with Gasteiger partial charge >= 0.3 is 0 Å². The number of hydrogen-bond acceptors (Lipinski definition) is 5. The summed E-state index contributed by atoms with van der Waals surface area (Å²) in [5, 5.41) is 11.8.